The fourth-order valence-electron chi connectivity index (χ4n) is 2.89. The van der Waals surface area contributed by atoms with E-state index in [9.17, 15) is 0 Å². The number of rotatable bonds is 6. The van der Waals surface area contributed by atoms with E-state index in [1.165, 1.54) is 40.4 Å². The monoisotopic (exact) mass is 259 g/mol. The Hall–Kier alpha value is -1.28. The van der Waals surface area contributed by atoms with Gasteiger partial charge in [0.25, 0.3) is 0 Å². The van der Waals surface area contributed by atoms with Crippen LogP contribution in [-0.4, -0.2) is 16.3 Å². The smallest absolute Gasteiger partial charge is 0.0488 e. The van der Waals surface area contributed by atoms with Crippen molar-refractivity contribution in [3.8, 4) is 0 Å². The van der Waals surface area contributed by atoms with E-state index in [1.54, 1.807) is 0 Å². The molecular weight excluding hydrogens is 234 g/mol. The Bertz CT molecular complexity index is 554. The average molecular weight is 259 g/mol. The SMILES string of the molecule is CCCCc1cn(CCCO)c2cc(C)cc(C)c12. The van der Waals surface area contributed by atoms with Gasteiger partial charge in [-0.25, -0.2) is 0 Å². The lowest BCUT2D eigenvalue weighted by Gasteiger charge is -2.06. The highest BCUT2D eigenvalue weighted by molar-refractivity contribution is 5.88. The number of aryl methyl sites for hydroxylation is 4. The van der Waals surface area contributed by atoms with Crippen molar-refractivity contribution in [1.29, 1.82) is 0 Å². The summed E-state index contributed by atoms with van der Waals surface area (Å²) in [6.45, 7) is 7.77. The summed E-state index contributed by atoms with van der Waals surface area (Å²) < 4.78 is 2.32. The highest BCUT2D eigenvalue weighted by Crippen LogP contribution is 2.28. The summed E-state index contributed by atoms with van der Waals surface area (Å²) >= 11 is 0. The lowest BCUT2D eigenvalue weighted by Crippen LogP contribution is -1.98. The molecule has 19 heavy (non-hydrogen) atoms. The van der Waals surface area contributed by atoms with Crippen molar-refractivity contribution in [1.82, 2.24) is 4.57 Å². The molecule has 0 fully saturated rings. The second kappa shape index (κ2) is 6.25. The van der Waals surface area contributed by atoms with Gasteiger partial charge in [0.05, 0.1) is 0 Å². The highest BCUT2D eigenvalue weighted by Gasteiger charge is 2.11. The number of nitrogens with zero attached hydrogens (tertiary/aromatic N) is 1. The van der Waals surface area contributed by atoms with E-state index in [0.717, 1.165) is 19.4 Å². The van der Waals surface area contributed by atoms with Gasteiger partial charge in [0.1, 0.15) is 0 Å². The average Bonchev–Trinajstić information content (AvgIpc) is 2.72. The van der Waals surface area contributed by atoms with Gasteiger partial charge in [-0.15, -0.1) is 0 Å². The standard InChI is InChI=1S/C17H25NO/c1-4-5-7-15-12-18(8-6-9-19)16-11-13(2)10-14(3)17(15)16/h10-12,19H,4-9H2,1-3H3. The van der Waals surface area contributed by atoms with Crippen LogP contribution in [0.5, 0.6) is 0 Å². The molecule has 0 aliphatic heterocycles. The second-order valence-corrected chi connectivity index (χ2v) is 5.50. The third-order valence-electron chi connectivity index (χ3n) is 3.76. The zero-order chi connectivity index (χ0) is 13.8. The summed E-state index contributed by atoms with van der Waals surface area (Å²) in [5.41, 5.74) is 5.49. The minimum atomic E-state index is 0.259. The number of fused-ring (bicyclic) bond motifs is 1. The fraction of sp³-hybridized carbons (Fsp3) is 0.529. The molecule has 2 aromatic rings. The van der Waals surface area contributed by atoms with E-state index in [0.29, 0.717) is 0 Å². The number of benzene rings is 1. The lowest BCUT2D eigenvalue weighted by atomic mass is 10.0. The molecule has 104 valence electrons. The first-order valence-electron chi connectivity index (χ1n) is 7.37. The molecule has 1 aromatic carbocycles. The van der Waals surface area contributed by atoms with Crippen LogP contribution < -0.4 is 0 Å². The van der Waals surface area contributed by atoms with Crippen LogP contribution >= 0.6 is 0 Å². The third kappa shape index (κ3) is 3.01. The Kier molecular flexibility index (Phi) is 4.65. The van der Waals surface area contributed by atoms with Crippen molar-refractivity contribution < 1.29 is 5.11 Å². The molecule has 1 heterocycles. The van der Waals surface area contributed by atoms with Crippen molar-refractivity contribution in [2.45, 2.75) is 53.0 Å². The maximum absolute atomic E-state index is 9.04. The molecule has 0 atom stereocenters. The molecule has 0 saturated heterocycles. The quantitative estimate of drug-likeness (QED) is 0.834. The summed E-state index contributed by atoms with van der Waals surface area (Å²) in [6, 6.07) is 4.54. The Morgan fingerprint density at radius 1 is 1.16 bits per heavy atom. The van der Waals surface area contributed by atoms with Crippen molar-refractivity contribution in [3.05, 3.63) is 35.0 Å². The third-order valence-corrected chi connectivity index (χ3v) is 3.76. The summed E-state index contributed by atoms with van der Waals surface area (Å²) in [4.78, 5) is 0. The van der Waals surface area contributed by atoms with Crippen LogP contribution in [-0.2, 0) is 13.0 Å². The van der Waals surface area contributed by atoms with Crippen LogP contribution in [0.4, 0.5) is 0 Å². The molecule has 2 heteroatoms. The Balaban J connectivity index is 2.49. The maximum Gasteiger partial charge on any atom is 0.0488 e. The molecule has 0 bridgehead atoms. The predicted octanol–water partition coefficient (Wildman–Crippen LogP) is 3.98. The van der Waals surface area contributed by atoms with E-state index in [4.69, 9.17) is 5.11 Å². The van der Waals surface area contributed by atoms with E-state index in [2.05, 4.69) is 43.7 Å². The summed E-state index contributed by atoms with van der Waals surface area (Å²) in [7, 11) is 0. The zero-order valence-corrected chi connectivity index (χ0v) is 12.4. The van der Waals surface area contributed by atoms with E-state index < -0.39 is 0 Å². The largest absolute Gasteiger partial charge is 0.396 e. The van der Waals surface area contributed by atoms with Gasteiger partial charge < -0.3 is 9.67 Å². The topological polar surface area (TPSA) is 25.2 Å². The number of hydrogen-bond donors (Lipinski definition) is 1. The van der Waals surface area contributed by atoms with Crippen molar-refractivity contribution in [2.75, 3.05) is 6.61 Å². The molecule has 0 radical (unpaired) electrons. The van der Waals surface area contributed by atoms with Crippen LogP contribution in [0.2, 0.25) is 0 Å². The molecule has 1 N–H and O–H groups in total. The van der Waals surface area contributed by atoms with Gasteiger partial charge in [-0.1, -0.05) is 19.4 Å². The Labute approximate surface area is 116 Å². The van der Waals surface area contributed by atoms with Crippen molar-refractivity contribution >= 4 is 10.9 Å². The van der Waals surface area contributed by atoms with Gasteiger partial charge in [-0.05, 0) is 55.9 Å². The molecule has 2 nitrogen and oxygen atoms in total. The summed E-state index contributed by atoms with van der Waals surface area (Å²) in [5, 5.41) is 10.5. The van der Waals surface area contributed by atoms with Gasteiger partial charge in [0.15, 0.2) is 0 Å². The lowest BCUT2D eigenvalue weighted by molar-refractivity contribution is 0.280. The predicted molar refractivity (Wildman–Crippen MR) is 81.7 cm³/mol. The minimum Gasteiger partial charge on any atom is -0.396 e. The van der Waals surface area contributed by atoms with E-state index >= 15 is 0 Å². The molecule has 1 aromatic heterocycles. The van der Waals surface area contributed by atoms with Gasteiger partial charge in [-0.2, -0.15) is 0 Å². The van der Waals surface area contributed by atoms with Crippen LogP contribution in [0.1, 0.15) is 42.9 Å². The molecule has 0 unspecified atom stereocenters. The van der Waals surface area contributed by atoms with Crippen molar-refractivity contribution in [3.63, 3.8) is 0 Å². The molecule has 0 aliphatic carbocycles. The summed E-state index contributed by atoms with van der Waals surface area (Å²) in [6.07, 6.45) is 6.75. The number of unbranched alkanes of at least 4 members (excludes halogenated alkanes) is 1. The maximum atomic E-state index is 9.04. The molecule has 0 amide bonds. The normalized spacial score (nSPS) is 11.4. The van der Waals surface area contributed by atoms with Gasteiger partial charge in [0, 0.05) is 30.3 Å². The first-order chi connectivity index (χ1) is 9.17. The fourth-order valence-corrected chi connectivity index (χ4v) is 2.89. The zero-order valence-electron chi connectivity index (χ0n) is 12.4. The van der Waals surface area contributed by atoms with E-state index in [1.807, 2.05) is 0 Å². The van der Waals surface area contributed by atoms with Crippen LogP contribution in [0, 0.1) is 13.8 Å². The van der Waals surface area contributed by atoms with Gasteiger partial charge in [-0.3, -0.25) is 0 Å². The number of aliphatic hydroxyl groups excluding tert-OH is 1. The number of aliphatic hydroxyl groups is 1. The van der Waals surface area contributed by atoms with Crippen LogP contribution in [0.15, 0.2) is 18.3 Å². The van der Waals surface area contributed by atoms with Crippen molar-refractivity contribution in [2.24, 2.45) is 0 Å². The molecule has 0 saturated carbocycles. The second-order valence-electron chi connectivity index (χ2n) is 5.50. The first-order valence-corrected chi connectivity index (χ1v) is 7.37. The minimum absolute atomic E-state index is 0.259. The van der Waals surface area contributed by atoms with E-state index in [-0.39, 0.29) is 6.61 Å². The van der Waals surface area contributed by atoms with Gasteiger partial charge >= 0.3 is 0 Å². The molecule has 0 aliphatic rings. The van der Waals surface area contributed by atoms with Gasteiger partial charge in [0.2, 0.25) is 0 Å². The molecule has 0 spiro atoms. The Morgan fingerprint density at radius 3 is 2.63 bits per heavy atom. The number of hydrogen-bond acceptors (Lipinski definition) is 1. The summed E-state index contributed by atoms with van der Waals surface area (Å²) in [5.74, 6) is 0. The number of aromatic nitrogens is 1. The highest BCUT2D eigenvalue weighted by atomic mass is 16.3. The van der Waals surface area contributed by atoms with Crippen LogP contribution in [0.25, 0.3) is 10.9 Å². The first kappa shape index (κ1) is 14.1. The molecular formula is C17H25NO. The van der Waals surface area contributed by atoms with Crippen LogP contribution in [0.3, 0.4) is 0 Å². The Morgan fingerprint density at radius 2 is 1.95 bits per heavy atom. The molecule has 2 rings (SSSR count).